The minimum atomic E-state index is -0.139. The lowest BCUT2D eigenvalue weighted by atomic mass is 9.78. The molecule has 2 rings (SSSR count). The summed E-state index contributed by atoms with van der Waals surface area (Å²) in [5, 5.41) is 13.2. The second kappa shape index (κ2) is 7.79. The highest BCUT2D eigenvalue weighted by Gasteiger charge is 2.35. The van der Waals surface area contributed by atoms with E-state index in [4.69, 9.17) is 10.5 Å². The van der Waals surface area contributed by atoms with Crippen molar-refractivity contribution in [3.8, 4) is 0 Å². The number of hydrogen-bond acceptors (Lipinski definition) is 7. The normalized spacial score (nSPS) is 21.7. The lowest BCUT2D eigenvalue weighted by Crippen LogP contribution is -2.46. The summed E-state index contributed by atoms with van der Waals surface area (Å²) in [5.41, 5.74) is 5.72. The lowest BCUT2D eigenvalue weighted by Gasteiger charge is -2.42. The Balaban J connectivity index is 2.18. The van der Waals surface area contributed by atoms with Gasteiger partial charge in [-0.15, -0.1) is 0 Å². The number of nitrogens with two attached hydrogens (primary N) is 1. The molecule has 1 aliphatic heterocycles. The summed E-state index contributed by atoms with van der Waals surface area (Å²) in [4.78, 5) is 10.8. The number of aliphatic hydroxyl groups excluding tert-OH is 1. The Labute approximate surface area is 138 Å². The first kappa shape index (κ1) is 17.7. The molecule has 0 aliphatic carbocycles. The summed E-state index contributed by atoms with van der Waals surface area (Å²) in [6.45, 7) is 6.59. The van der Waals surface area contributed by atoms with Gasteiger partial charge in [-0.05, 0) is 33.1 Å². The number of ether oxygens (including phenoxy) is 1. The van der Waals surface area contributed by atoms with Crippen molar-refractivity contribution in [3.63, 3.8) is 0 Å². The van der Waals surface area contributed by atoms with Gasteiger partial charge in [-0.2, -0.15) is 9.97 Å². The summed E-state index contributed by atoms with van der Waals surface area (Å²) in [6, 6.07) is 2.21. The SMILES string of the molecule is COCC[C@]1(CO)CCCN(c2cc(NC(C)C)nc(N)n2)C1. The molecule has 4 N–H and O–H groups in total. The van der Waals surface area contributed by atoms with Gasteiger partial charge in [0.1, 0.15) is 11.6 Å². The summed E-state index contributed by atoms with van der Waals surface area (Å²) in [6.07, 6.45) is 2.86. The van der Waals surface area contributed by atoms with E-state index in [1.54, 1.807) is 7.11 Å². The fourth-order valence-corrected chi connectivity index (χ4v) is 3.12. The van der Waals surface area contributed by atoms with E-state index in [-0.39, 0.29) is 24.0 Å². The number of anilines is 3. The van der Waals surface area contributed by atoms with E-state index >= 15 is 0 Å². The molecule has 0 bridgehead atoms. The van der Waals surface area contributed by atoms with Gasteiger partial charge in [-0.1, -0.05) is 0 Å². The van der Waals surface area contributed by atoms with Gasteiger partial charge in [0.25, 0.3) is 0 Å². The fraction of sp³-hybridized carbons (Fsp3) is 0.750. The molecule has 7 heteroatoms. The molecule has 0 saturated carbocycles. The zero-order chi connectivity index (χ0) is 16.9. The minimum absolute atomic E-state index is 0.139. The van der Waals surface area contributed by atoms with Gasteiger partial charge in [-0.3, -0.25) is 0 Å². The van der Waals surface area contributed by atoms with Crippen molar-refractivity contribution in [1.29, 1.82) is 0 Å². The van der Waals surface area contributed by atoms with Crippen LogP contribution in [0.4, 0.5) is 17.6 Å². The molecule has 1 fully saturated rings. The Kier molecular flexibility index (Phi) is 6.01. The van der Waals surface area contributed by atoms with E-state index in [1.165, 1.54) is 0 Å². The van der Waals surface area contributed by atoms with E-state index < -0.39 is 0 Å². The van der Waals surface area contributed by atoms with Crippen LogP contribution in [0, 0.1) is 5.41 Å². The quantitative estimate of drug-likeness (QED) is 0.699. The summed E-state index contributed by atoms with van der Waals surface area (Å²) < 4.78 is 5.21. The van der Waals surface area contributed by atoms with Crippen LogP contribution in [0.1, 0.15) is 33.1 Å². The molecule has 0 unspecified atom stereocenters. The molecule has 0 amide bonds. The van der Waals surface area contributed by atoms with Crippen LogP contribution in [-0.2, 0) is 4.74 Å². The maximum atomic E-state index is 9.91. The first-order chi connectivity index (χ1) is 11.0. The van der Waals surface area contributed by atoms with Crippen LogP contribution in [0.5, 0.6) is 0 Å². The third-order valence-electron chi connectivity index (χ3n) is 4.32. The maximum Gasteiger partial charge on any atom is 0.223 e. The topological polar surface area (TPSA) is 96.5 Å². The summed E-state index contributed by atoms with van der Waals surface area (Å²) >= 11 is 0. The van der Waals surface area contributed by atoms with E-state index in [1.807, 2.05) is 6.07 Å². The van der Waals surface area contributed by atoms with Crippen molar-refractivity contribution < 1.29 is 9.84 Å². The number of nitrogens with zero attached hydrogens (tertiary/aromatic N) is 3. The van der Waals surface area contributed by atoms with E-state index in [0.29, 0.717) is 6.61 Å². The van der Waals surface area contributed by atoms with Crippen LogP contribution in [0.2, 0.25) is 0 Å². The van der Waals surface area contributed by atoms with Crippen molar-refractivity contribution in [3.05, 3.63) is 6.07 Å². The Morgan fingerprint density at radius 1 is 1.48 bits per heavy atom. The highest BCUT2D eigenvalue weighted by Crippen LogP contribution is 2.35. The summed E-state index contributed by atoms with van der Waals surface area (Å²) in [5.74, 6) is 1.82. The molecule has 0 spiro atoms. The second-order valence-corrected chi connectivity index (χ2v) is 6.69. The van der Waals surface area contributed by atoms with Gasteiger partial charge in [-0.25, -0.2) is 0 Å². The van der Waals surface area contributed by atoms with Crippen molar-refractivity contribution >= 4 is 17.6 Å². The van der Waals surface area contributed by atoms with Crippen LogP contribution in [0.15, 0.2) is 6.07 Å². The largest absolute Gasteiger partial charge is 0.396 e. The van der Waals surface area contributed by atoms with Gasteiger partial charge in [0.15, 0.2) is 0 Å². The first-order valence-electron chi connectivity index (χ1n) is 8.24. The van der Waals surface area contributed by atoms with E-state index in [0.717, 1.165) is 44.0 Å². The number of aliphatic hydroxyl groups is 1. The molecular formula is C16H29N5O2. The molecule has 0 aromatic carbocycles. The molecular weight excluding hydrogens is 294 g/mol. The molecule has 1 aromatic heterocycles. The van der Waals surface area contributed by atoms with Crippen molar-refractivity contribution in [2.45, 2.75) is 39.2 Å². The molecule has 7 nitrogen and oxygen atoms in total. The van der Waals surface area contributed by atoms with Crippen LogP contribution in [-0.4, -0.2) is 54.5 Å². The average Bonchev–Trinajstić information content (AvgIpc) is 2.52. The predicted octanol–water partition coefficient (Wildman–Crippen LogP) is 1.49. The molecule has 1 atom stereocenters. The number of nitrogens with one attached hydrogen (secondary N) is 1. The second-order valence-electron chi connectivity index (χ2n) is 6.69. The third-order valence-corrected chi connectivity index (χ3v) is 4.32. The zero-order valence-corrected chi connectivity index (χ0v) is 14.4. The molecule has 130 valence electrons. The monoisotopic (exact) mass is 323 g/mol. The Morgan fingerprint density at radius 3 is 2.91 bits per heavy atom. The molecule has 0 radical (unpaired) electrons. The number of rotatable bonds is 7. The van der Waals surface area contributed by atoms with Crippen molar-refractivity contribution in [1.82, 2.24) is 9.97 Å². The van der Waals surface area contributed by atoms with Gasteiger partial charge in [0, 0.05) is 44.3 Å². The maximum absolute atomic E-state index is 9.91. The van der Waals surface area contributed by atoms with E-state index in [2.05, 4.69) is 34.0 Å². The van der Waals surface area contributed by atoms with Crippen LogP contribution in [0.25, 0.3) is 0 Å². The highest BCUT2D eigenvalue weighted by molar-refractivity contribution is 5.53. The molecule has 23 heavy (non-hydrogen) atoms. The Bertz CT molecular complexity index is 511. The average molecular weight is 323 g/mol. The zero-order valence-electron chi connectivity index (χ0n) is 14.4. The predicted molar refractivity (Wildman–Crippen MR) is 92.7 cm³/mol. The first-order valence-corrected chi connectivity index (χ1v) is 8.24. The van der Waals surface area contributed by atoms with Gasteiger partial charge in [0.05, 0.1) is 6.61 Å². The van der Waals surface area contributed by atoms with Crippen LogP contribution < -0.4 is 16.0 Å². The lowest BCUT2D eigenvalue weighted by molar-refractivity contribution is 0.0624. The fourth-order valence-electron chi connectivity index (χ4n) is 3.12. The number of nitrogen functional groups attached to an aromatic ring is 1. The highest BCUT2D eigenvalue weighted by atomic mass is 16.5. The molecule has 1 aliphatic rings. The van der Waals surface area contributed by atoms with Crippen LogP contribution >= 0.6 is 0 Å². The Morgan fingerprint density at radius 2 is 2.26 bits per heavy atom. The molecule has 1 saturated heterocycles. The number of hydrogen-bond donors (Lipinski definition) is 3. The van der Waals surface area contributed by atoms with E-state index in [9.17, 15) is 5.11 Å². The van der Waals surface area contributed by atoms with Gasteiger partial charge >= 0.3 is 0 Å². The standard InChI is InChI=1S/C16H29N5O2/c1-12(2)18-13-9-14(20-15(17)19-13)21-7-4-5-16(10-21,11-22)6-8-23-3/h9,12,22H,4-8,10-11H2,1-3H3,(H3,17,18,19,20)/t16-/m1/s1. The van der Waals surface area contributed by atoms with Gasteiger partial charge < -0.3 is 25.8 Å². The third kappa shape index (κ3) is 4.68. The molecule has 2 heterocycles. The molecule has 1 aromatic rings. The minimum Gasteiger partial charge on any atom is -0.396 e. The summed E-state index contributed by atoms with van der Waals surface area (Å²) in [7, 11) is 1.70. The smallest absolute Gasteiger partial charge is 0.223 e. The van der Waals surface area contributed by atoms with Crippen LogP contribution in [0.3, 0.4) is 0 Å². The number of piperidine rings is 1. The van der Waals surface area contributed by atoms with Crippen molar-refractivity contribution in [2.24, 2.45) is 5.41 Å². The van der Waals surface area contributed by atoms with Gasteiger partial charge in [0.2, 0.25) is 5.95 Å². The number of methoxy groups -OCH3 is 1. The van der Waals surface area contributed by atoms with Crippen molar-refractivity contribution in [2.75, 3.05) is 49.4 Å². The Hall–Kier alpha value is -1.60. The number of aromatic nitrogens is 2.